The van der Waals surface area contributed by atoms with E-state index in [9.17, 15) is 0 Å². The Morgan fingerprint density at radius 2 is 0.870 bits per heavy atom. The fourth-order valence-corrected chi connectivity index (χ4v) is 8.54. The first-order valence-corrected chi connectivity index (χ1v) is 18.7. The topological polar surface area (TPSA) is 65.0 Å². The number of fused-ring (bicyclic) bond motifs is 6. The monoisotopic (exact) mass is 685 g/mol. The summed E-state index contributed by atoms with van der Waals surface area (Å²) >= 11 is 0. The minimum atomic E-state index is 0.629. The number of aromatic nitrogens is 3. The molecule has 0 aliphatic heterocycles. The van der Waals surface area contributed by atoms with E-state index in [-0.39, 0.29) is 0 Å². The lowest BCUT2D eigenvalue weighted by molar-refractivity contribution is 0.668. The number of hydrogen-bond donors (Lipinski definition) is 0. The number of hydrogen-bond acceptors (Lipinski definition) is 5. The van der Waals surface area contributed by atoms with Crippen LogP contribution in [0.3, 0.4) is 0 Å². The van der Waals surface area contributed by atoms with Gasteiger partial charge in [0.25, 0.3) is 0 Å². The largest absolute Gasteiger partial charge is 0.456 e. The maximum atomic E-state index is 6.64. The SMILES string of the molecule is Bc1c(B)c(B)c(-c2nc(-c3c(B)c(B)c(B)c(B)c3B)nc(-c3cccc4oc5cc(-c6cccc7c6oc6ccccc67)ccc5c34)n2)c(B)c1B. The van der Waals surface area contributed by atoms with Crippen molar-refractivity contribution in [1.82, 2.24) is 15.0 Å². The number of benzene rings is 6. The van der Waals surface area contributed by atoms with Crippen molar-refractivity contribution >= 4 is 177 Å². The second-order valence-electron chi connectivity index (χ2n) is 15.1. The molecule has 15 heteroatoms. The summed E-state index contributed by atoms with van der Waals surface area (Å²) in [6.45, 7) is 0. The first kappa shape index (κ1) is 34.4. The van der Waals surface area contributed by atoms with Crippen molar-refractivity contribution in [2.24, 2.45) is 0 Å². The summed E-state index contributed by atoms with van der Waals surface area (Å²) < 4.78 is 13.0. The second-order valence-corrected chi connectivity index (χ2v) is 15.1. The number of furan rings is 2. The van der Waals surface area contributed by atoms with Crippen LogP contribution < -0.4 is 54.6 Å². The smallest absolute Gasteiger partial charge is 0.164 e. The van der Waals surface area contributed by atoms with Gasteiger partial charge < -0.3 is 8.83 Å². The molecule has 0 unspecified atom stereocenters. The predicted molar refractivity (Wildman–Crippen MR) is 258 cm³/mol. The van der Waals surface area contributed by atoms with E-state index in [4.69, 9.17) is 23.8 Å². The number of rotatable bonds is 4. The molecule has 0 spiro atoms. The molecule has 246 valence electrons. The van der Waals surface area contributed by atoms with Gasteiger partial charge in [-0.3, -0.25) is 0 Å². The highest BCUT2D eigenvalue weighted by molar-refractivity contribution is 6.70. The van der Waals surface area contributed by atoms with E-state index in [0.717, 1.165) is 71.7 Å². The highest BCUT2D eigenvalue weighted by atomic mass is 16.3. The van der Waals surface area contributed by atoms with Crippen LogP contribution in [0.5, 0.6) is 0 Å². The molecule has 0 radical (unpaired) electrons. The van der Waals surface area contributed by atoms with Gasteiger partial charge in [-0.25, -0.2) is 15.0 Å². The van der Waals surface area contributed by atoms with Crippen molar-refractivity contribution in [2.75, 3.05) is 0 Å². The molecule has 9 aromatic rings. The van der Waals surface area contributed by atoms with Crippen molar-refractivity contribution in [1.29, 1.82) is 0 Å². The van der Waals surface area contributed by atoms with Crippen LogP contribution in [0.15, 0.2) is 87.7 Å². The Labute approximate surface area is 323 Å². The van der Waals surface area contributed by atoms with Crippen molar-refractivity contribution in [3.8, 4) is 45.3 Å². The van der Waals surface area contributed by atoms with Crippen molar-refractivity contribution in [3.63, 3.8) is 0 Å². The van der Waals surface area contributed by atoms with Crippen LogP contribution in [-0.4, -0.2) is 93.4 Å². The van der Waals surface area contributed by atoms with Gasteiger partial charge >= 0.3 is 0 Å². The first-order valence-electron chi connectivity index (χ1n) is 18.7. The van der Waals surface area contributed by atoms with Crippen molar-refractivity contribution in [3.05, 3.63) is 78.9 Å². The molecule has 0 aliphatic carbocycles. The highest BCUT2D eigenvalue weighted by Crippen LogP contribution is 2.40. The Hall–Kier alpha value is -5.42. The first-order chi connectivity index (χ1) is 25.9. The molecule has 6 aromatic carbocycles. The molecule has 0 fully saturated rings. The summed E-state index contributed by atoms with van der Waals surface area (Å²) in [4.78, 5) is 16.0. The third kappa shape index (κ3) is 5.04. The molecule has 0 saturated carbocycles. The number of nitrogens with zero attached hydrogens (tertiary/aromatic N) is 3. The second kappa shape index (κ2) is 12.6. The molecular weight excluding hydrogens is 651 g/mol. The van der Waals surface area contributed by atoms with E-state index in [1.807, 2.05) is 24.3 Å². The standard InChI is InChI=1S/C39H33B10N3O2/c40-26-24(27(41)31(45)34(48)30(26)44)38-50-37(51-39(52-38)25-28(42)32(46)35(49)33(47)29(25)43)19-8-4-10-21-23(19)18-12-11-14(13-22(18)53-21)15-6-3-7-17-16-5-1-2-9-20(16)54-36(15)17/h1-13H,40-49H2. The lowest BCUT2D eigenvalue weighted by Crippen LogP contribution is -2.55. The zero-order valence-corrected chi connectivity index (χ0v) is 32.7. The molecule has 0 aliphatic rings. The van der Waals surface area contributed by atoms with Gasteiger partial charge in [-0.05, 0) is 29.8 Å². The molecule has 9 rings (SSSR count). The van der Waals surface area contributed by atoms with Crippen molar-refractivity contribution < 1.29 is 8.83 Å². The van der Waals surface area contributed by atoms with Crippen LogP contribution in [0.2, 0.25) is 0 Å². The third-order valence-electron chi connectivity index (χ3n) is 12.5. The van der Waals surface area contributed by atoms with Crippen LogP contribution in [-0.2, 0) is 0 Å². The maximum absolute atomic E-state index is 6.64. The molecule has 5 nitrogen and oxygen atoms in total. The third-order valence-corrected chi connectivity index (χ3v) is 12.5. The molecule has 0 saturated heterocycles. The summed E-state index contributed by atoms with van der Waals surface area (Å²) in [5.41, 5.74) is 20.9. The van der Waals surface area contributed by atoms with E-state index < -0.39 is 0 Å². The Bertz CT molecular complexity index is 2940. The summed E-state index contributed by atoms with van der Waals surface area (Å²) in [5, 5.41) is 4.21. The molecule has 0 atom stereocenters. The minimum Gasteiger partial charge on any atom is -0.456 e. The van der Waals surface area contributed by atoms with Crippen molar-refractivity contribution in [2.45, 2.75) is 0 Å². The average Bonchev–Trinajstić information content (AvgIpc) is 3.76. The summed E-state index contributed by atoms with van der Waals surface area (Å²) in [6.07, 6.45) is 0. The summed E-state index contributed by atoms with van der Waals surface area (Å²) in [7, 11) is 22.0. The molecule has 0 N–H and O–H groups in total. The van der Waals surface area contributed by atoms with Crippen LogP contribution >= 0.6 is 0 Å². The van der Waals surface area contributed by atoms with Crippen LogP contribution in [0.4, 0.5) is 0 Å². The quantitative estimate of drug-likeness (QED) is 0.173. The van der Waals surface area contributed by atoms with E-state index in [2.05, 4.69) is 133 Å². The van der Waals surface area contributed by atoms with Gasteiger partial charge in [-0.15, -0.1) is 32.8 Å². The number of para-hydroxylation sites is 2. The molecule has 3 aromatic heterocycles. The Morgan fingerprint density at radius 3 is 1.50 bits per heavy atom. The average molecular weight is 684 g/mol. The molecular formula is C39H33B10N3O2. The minimum absolute atomic E-state index is 0.629. The van der Waals surface area contributed by atoms with Crippen LogP contribution in [0.25, 0.3) is 89.2 Å². The van der Waals surface area contributed by atoms with E-state index in [0.29, 0.717) is 17.5 Å². The Kier molecular flexibility index (Phi) is 8.00. The normalized spacial score (nSPS) is 11.7. The van der Waals surface area contributed by atoms with E-state index >= 15 is 0 Å². The van der Waals surface area contributed by atoms with Gasteiger partial charge in [0.15, 0.2) is 17.5 Å². The zero-order chi connectivity index (χ0) is 37.7. The molecule has 54 heavy (non-hydrogen) atoms. The lowest BCUT2D eigenvalue weighted by Gasteiger charge is -2.22. The van der Waals surface area contributed by atoms with Gasteiger partial charge in [0, 0.05) is 43.8 Å². The Balaban J connectivity index is 1.30. The van der Waals surface area contributed by atoms with Gasteiger partial charge in [-0.2, -0.15) is 0 Å². The molecule has 0 bridgehead atoms. The van der Waals surface area contributed by atoms with Gasteiger partial charge in [0.05, 0.1) is 0 Å². The summed E-state index contributed by atoms with van der Waals surface area (Å²) in [5.74, 6) is 2.01. The molecule has 3 heterocycles. The highest BCUT2D eigenvalue weighted by Gasteiger charge is 2.23. The van der Waals surface area contributed by atoms with Crippen LogP contribution in [0.1, 0.15) is 0 Å². The van der Waals surface area contributed by atoms with Gasteiger partial charge in [0.2, 0.25) is 0 Å². The summed E-state index contributed by atoms with van der Waals surface area (Å²) in [6, 6.07) is 27.2. The Morgan fingerprint density at radius 1 is 0.370 bits per heavy atom. The fourth-order valence-electron chi connectivity index (χ4n) is 8.54. The fraction of sp³-hybridized carbons (Fsp3) is 0. The van der Waals surface area contributed by atoms with Gasteiger partial charge in [-0.1, -0.05) is 76.4 Å². The predicted octanol–water partition coefficient (Wildman–Crippen LogP) is -7.08. The maximum Gasteiger partial charge on any atom is 0.164 e. The van der Waals surface area contributed by atoms with E-state index in [1.54, 1.807) is 0 Å². The zero-order valence-electron chi connectivity index (χ0n) is 32.7. The van der Waals surface area contributed by atoms with Crippen LogP contribution in [0, 0.1) is 0 Å². The lowest BCUT2D eigenvalue weighted by atomic mass is 9.60. The molecule has 0 amide bonds. The van der Waals surface area contributed by atoms with E-state index in [1.165, 1.54) is 54.6 Å². The van der Waals surface area contributed by atoms with Gasteiger partial charge in [0.1, 0.15) is 101 Å².